The van der Waals surface area contributed by atoms with Gasteiger partial charge in [-0.15, -0.1) is 0 Å². The maximum Gasteiger partial charge on any atom is 0.303 e. The Balaban J connectivity index is 2.33. The molecule has 0 radical (unpaired) electrons. The van der Waals surface area contributed by atoms with Crippen molar-refractivity contribution in [1.82, 2.24) is 0 Å². The Bertz CT molecular complexity index is 136. The minimum atomic E-state index is -0.880. The lowest BCUT2D eigenvalue weighted by atomic mass is 10.0. The second-order valence-corrected chi connectivity index (χ2v) is 2.80. The molecule has 2 atom stereocenters. The van der Waals surface area contributed by atoms with E-state index in [9.17, 15) is 9.18 Å². The Morgan fingerprint density at radius 3 is 2.70 bits per heavy atom. The lowest BCUT2D eigenvalue weighted by Gasteiger charge is -2.07. The molecule has 1 aliphatic carbocycles. The largest absolute Gasteiger partial charge is 0.481 e. The van der Waals surface area contributed by atoms with Crippen molar-refractivity contribution in [2.75, 3.05) is 0 Å². The summed E-state index contributed by atoms with van der Waals surface area (Å²) in [5.74, 6) is -1.09. The van der Waals surface area contributed by atoms with E-state index in [2.05, 4.69) is 0 Å². The Morgan fingerprint density at radius 1 is 1.60 bits per heavy atom. The van der Waals surface area contributed by atoms with Crippen LogP contribution >= 0.6 is 0 Å². The third-order valence-corrected chi connectivity index (χ3v) is 2.00. The quantitative estimate of drug-likeness (QED) is 0.642. The van der Waals surface area contributed by atoms with Gasteiger partial charge in [-0.25, -0.2) is 4.39 Å². The molecule has 0 bridgehead atoms. The topological polar surface area (TPSA) is 37.3 Å². The fourth-order valence-electron chi connectivity index (χ4n) is 1.45. The molecule has 0 aliphatic heterocycles. The maximum absolute atomic E-state index is 12.7. The van der Waals surface area contributed by atoms with Crippen molar-refractivity contribution in [2.24, 2.45) is 5.92 Å². The fourth-order valence-corrected chi connectivity index (χ4v) is 1.45. The molecule has 0 aromatic carbocycles. The summed E-state index contributed by atoms with van der Waals surface area (Å²) in [6.07, 6.45) is 1.28. The van der Waals surface area contributed by atoms with Crippen LogP contribution in [0.1, 0.15) is 25.7 Å². The molecule has 1 rings (SSSR count). The number of carbonyl (C=O) groups is 1. The minimum absolute atomic E-state index is 0.00116. The highest BCUT2D eigenvalue weighted by Gasteiger charge is 2.28. The van der Waals surface area contributed by atoms with Crippen LogP contribution in [0.5, 0.6) is 0 Å². The molecule has 0 aromatic rings. The van der Waals surface area contributed by atoms with Crippen LogP contribution in [0.3, 0.4) is 0 Å². The van der Waals surface area contributed by atoms with Crippen LogP contribution in [0.2, 0.25) is 0 Å². The van der Waals surface area contributed by atoms with Crippen molar-refractivity contribution < 1.29 is 14.3 Å². The Labute approximate surface area is 59.0 Å². The van der Waals surface area contributed by atoms with Gasteiger partial charge in [-0.3, -0.25) is 4.79 Å². The van der Waals surface area contributed by atoms with E-state index >= 15 is 0 Å². The average molecular weight is 146 g/mol. The number of rotatable bonds is 2. The molecule has 0 aromatic heterocycles. The number of hydrogen-bond donors (Lipinski definition) is 1. The molecule has 0 heterocycles. The highest BCUT2D eigenvalue weighted by Crippen LogP contribution is 2.30. The monoisotopic (exact) mass is 146 g/mol. The summed E-state index contributed by atoms with van der Waals surface area (Å²) in [5, 5.41) is 8.32. The van der Waals surface area contributed by atoms with E-state index in [-0.39, 0.29) is 12.3 Å². The van der Waals surface area contributed by atoms with E-state index in [1.165, 1.54) is 0 Å². The van der Waals surface area contributed by atoms with E-state index in [1.807, 2.05) is 0 Å². The second kappa shape index (κ2) is 2.99. The van der Waals surface area contributed by atoms with Gasteiger partial charge in [0.05, 0.1) is 6.42 Å². The zero-order chi connectivity index (χ0) is 7.56. The van der Waals surface area contributed by atoms with Crippen molar-refractivity contribution >= 4 is 5.97 Å². The first-order chi connectivity index (χ1) is 4.70. The van der Waals surface area contributed by atoms with Gasteiger partial charge >= 0.3 is 5.97 Å². The van der Waals surface area contributed by atoms with Gasteiger partial charge in [0, 0.05) is 5.92 Å². The van der Waals surface area contributed by atoms with Gasteiger partial charge in [0.25, 0.3) is 0 Å². The molecule has 0 saturated heterocycles. The first-order valence-electron chi connectivity index (χ1n) is 3.56. The van der Waals surface area contributed by atoms with Crippen molar-refractivity contribution in [3.05, 3.63) is 0 Å². The average Bonchev–Trinajstić information content (AvgIpc) is 2.15. The maximum atomic E-state index is 12.7. The Hall–Kier alpha value is -0.600. The molecular formula is C7H11FO2. The predicted molar refractivity (Wildman–Crippen MR) is 34.5 cm³/mol. The minimum Gasteiger partial charge on any atom is -0.481 e. The summed E-state index contributed by atoms with van der Waals surface area (Å²) in [4.78, 5) is 10.1. The first kappa shape index (κ1) is 7.51. The standard InChI is InChI=1S/C7H11FO2/c8-6-3-1-2-5(6)4-7(9)10/h5-6H,1-4H2,(H,9,10). The van der Waals surface area contributed by atoms with Crippen LogP contribution in [-0.4, -0.2) is 17.2 Å². The molecule has 1 aliphatic rings. The molecule has 2 nitrogen and oxygen atoms in total. The highest BCUT2D eigenvalue weighted by molar-refractivity contribution is 5.67. The summed E-state index contributed by atoms with van der Waals surface area (Å²) >= 11 is 0. The molecule has 1 fully saturated rings. The van der Waals surface area contributed by atoms with Crippen LogP contribution in [0.4, 0.5) is 4.39 Å². The fraction of sp³-hybridized carbons (Fsp3) is 0.857. The molecule has 3 heteroatoms. The summed E-state index contributed by atoms with van der Waals surface area (Å²) in [6, 6.07) is 0. The van der Waals surface area contributed by atoms with E-state index in [1.54, 1.807) is 0 Å². The number of carboxylic acids is 1. The van der Waals surface area contributed by atoms with Crippen molar-refractivity contribution in [3.8, 4) is 0 Å². The van der Waals surface area contributed by atoms with Gasteiger partial charge in [0.15, 0.2) is 0 Å². The Kier molecular flexibility index (Phi) is 2.25. The smallest absolute Gasteiger partial charge is 0.303 e. The summed E-state index contributed by atoms with van der Waals surface area (Å²) < 4.78 is 12.7. The Morgan fingerprint density at radius 2 is 2.30 bits per heavy atom. The van der Waals surface area contributed by atoms with Gasteiger partial charge in [0.2, 0.25) is 0 Å². The molecule has 58 valence electrons. The lowest BCUT2D eigenvalue weighted by molar-refractivity contribution is -0.138. The number of hydrogen-bond acceptors (Lipinski definition) is 1. The summed E-state index contributed by atoms with van der Waals surface area (Å²) in [6.45, 7) is 0. The summed E-state index contributed by atoms with van der Waals surface area (Å²) in [7, 11) is 0. The van der Waals surface area contributed by atoms with E-state index in [4.69, 9.17) is 5.11 Å². The van der Waals surface area contributed by atoms with E-state index in [0.717, 1.165) is 12.8 Å². The van der Waals surface area contributed by atoms with E-state index < -0.39 is 12.1 Å². The lowest BCUT2D eigenvalue weighted by Crippen LogP contribution is -2.12. The van der Waals surface area contributed by atoms with Gasteiger partial charge in [0.1, 0.15) is 6.17 Å². The second-order valence-electron chi connectivity index (χ2n) is 2.80. The van der Waals surface area contributed by atoms with Crippen LogP contribution in [-0.2, 0) is 4.79 Å². The van der Waals surface area contributed by atoms with Gasteiger partial charge in [-0.05, 0) is 12.8 Å². The highest BCUT2D eigenvalue weighted by atomic mass is 19.1. The first-order valence-corrected chi connectivity index (χ1v) is 3.56. The zero-order valence-corrected chi connectivity index (χ0v) is 5.72. The molecule has 1 N–H and O–H groups in total. The van der Waals surface area contributed by atoms with Gasteiger partial charge in [-0.2, -0.15) is 0 Å². The molecule has 1 saturated carbocycles. The number of halogens is 1. The van der Waals surface area contributed by atoms with Gasteiger partial charge in [-0.1, -0.05) is 6.42 Å². The van der Waals surface area contributed by atoms with E-state index in [0.29, 0.717) is 6.42 Å². The number of aliphatic carboxylic acids is 1. The number of carboxylic acid groups (broad SMARTS) is 1. The summed E-state index contributed by atoms with van der Waals surface area (Å²) in [5.41, 5.74) is 0. The van der Waals surface area contributed by atoms with Crippen LogP contribution in [0.15, 0.2) is 0 Å². The molecule has 10 heavy (non-hydrogen) atoms. The molecular weight excluding hydrogens is 135 g/mol. The zero-order valence-electron chi connectivity index (χ0n) is 5.72. The van der Waals surface area contributed by atoms with Crippen LogP contribution in [0, 0.1) is 5.92 Å². The van der Waals surface area contributed by atoms with Crippen molar-refractivity contribution in [1.29, 1.82) is 0 Å². The molecule has 0 amide bonds. The third kappa shape index (κ3) is 1.69. The molecule has 2 unspecified atom stereocenters. The normalized spacial score (nSPS) is 32.5. The van der Waals surface area contributed by atoms with Crippen molar-refractivity contribution in [2.45, 2.75) is 31.9 Å². The van der Waals surface area contributed by atoms with Crippen molar-refractivity contribution in [3.63, 3.8) is 0 Å². The SMILES string of the molecule is O=C(O)CC1CCCC1F. The van der Waals surface area contributed by atoms with Crippen LogP contribution in [0.25, 0.3) is 0 Å². The number of alkyl halides is 1. The van der Waals surface area contributed by atoms with Crippen LogP contribution < -0.4 is 0 Å². The van der Waals surface area contributed by atoms with Gasteiger partial charge < -0.3 is 5.11 Å². The predicted octanol–water partition coefficient (Wildman–Crippen LogP) is 1.60. The molecule has 0 spiro atoms. The third-order valence-electron chi connectivity index (χ3n) is 2.00.